The number of carbonyl (C=O) groups excluding carboxylic acids is 1. The van der Waals surface area contributed by atoms with Crippen LogP contribution < -0.4 is 5.32 Å². The van der Waals surface area contributed by atoms with E-state index in [0.29, 0.717) is 32.8 Å². The van der Waals surface area contributed by atoms with Crippen LogP contribution >= 0.6 is 0 Å². The third kappa shape index (κ3) is 4.12. The number of nitrogens with zero attached hydrogens (tertiary/aromatic N) is 5. The average molecular weight is 370 g/mol. The second-order valence-corrected chi connectivity index (χ2v) is 7.03. The van der Waals surface area contributed by atoms with Crippen molar-refractivity contribution in [1.82, 2.24) is 29.9 Å². The normalized spacial score (nSPS) is 18.8. The van der Waals surface area contributed by atoms with E-state index in [9.17, 15) is 4.79 Å². The molecule has 0 saturated carbocycles. The third-order valence-electron chi connectivity index (χ3n) is 5.17. The van der Waals surface area contributed by atoms with Gasteiger partial charge in [0.05, 0.1) is 49.4 Å². The quantitative estimate of drug-likeness (QED) is 0.875. The maximum atomic E-state index is 12.8. The highest BCUT2D eigenvalue weighted by molar-refractivity contribution is 5.74. The molecule has 4 heterocycles. The highest BCUT2D eigenvalue weighted by atomic mass is 16.5. The summed E-state index contributed by atoms with van der Waals surface area (Å²) in [5, 5.41) is 7.57. The zero-order valence-electron chi connectivity index (χ0n) is 15.7. The Balaban J connectivity index is 1.40. The lowest BCUT2D eigenvalue weighted by molar-refractivity contribution is 0.0155. The Morgan fingerprint density at radius 1 is 1.26 bits per heavy atom. The topological polar surface area (TPSA) is 75.5 Å². The van der Waals surface area contributed by atoms with E-state index in [-0.39, 0.29) is 12.1 Å². The second-order valence-electron chi connectivity index (χ2n) is 7.03. The van der Waals surface area contributed by atoms with Gasteiger partial charge in [-0.05, 0) is 25.1 Å². The number of hydrogen-bond donors (Lipinski definition) is 1. The molecule has 1 N–H and O–H groups in total. The van der Waals surface area contributed by atoms with E-state index in [1.165, 1.54) is 0 Å². The maximum Gasteiger partial charge on any atom is 0.317 e. The molecule has 0 aromatic carbocycles. The average Bonchev–Trinajstić information content (AvgIpc) is 3.09. The van der Waals surface area contributed by atoms with Gasteiger partial charge >= 0.3 is 6.03 Å². The van der Waals surface area contributed by atoms with Crippen LogP contribution in [-0.4, -0.2) is 70.0 Å². The number of aryl methyl sites for hydroxylation is 1. The molecule has 1 saturated heterocycles. The van der Waals surface area contributed by atoms with Crippen molar-refractivity contribution < 1.29 is 9.53 Å². The molecule has 0 bridgehead atoms. The molecular formula is C19H26N6O2. The van der Waals surface area contributed by atoms with E-state index in [0.717, 1.165) is 36.7 Å². The van der Waals surface area contributed by atoms with Gasteiger partial charge in [0.15, 0.2) is 0 Å². The molecule has 4 rings (SSSR count). The SMILES string of the molecule is Cc1cc2n(n1)CCN(C(=O)NC[C@@H](c1ccccn1)N1CCOCC1)C2. The number of urea groups is 1. The summed E-state index contributed by atoms with van der Waals surface area (Å²) < 4.78 is 7.47. The standard InChI is InChI=1S/C19H26N6O2/c1-15-12-16-14-24(6-7-25(16)22-15)19(26)21-13-18(17-4-2-3-5-20-17)23-8-10-27-11-9-23/h2-5,12,18H,6-11,13-14H2,1H3,(H,21,26)/t18-/m0/s1. The van der Waals surface area contributed by atoms with Crippen molar-refractivity contribution in [2.24, 2.45) is 0 Å². The van der Waals surface area contributed by atoms with Gasteiger partial charge in [0.25, 0.3) is 0 Å². The molecule has 0 unspecified atom stereocenters. The van der Waals surface area contributed by atoms with E-state index >= 15 is 0 Å². The third-order valence-corrected chi connectivity index (χ3v) is 5.17. The summed E-state index contributed by atoms with van der Waals surface area (Å²) in [6, 6.07) is 7.99. The van der Waals surface area contributed by atoms with Gasteiger partial charge in [-0.15, -0.1) is 0 Å². The van der Waals surface area contributed by atoms with Gasteiger partial charge in [0, 0.05) is 32.4 Å². The molecule has 8 nitrogen and oxygen atoms in total. The summed E-state index contributed by atoms with van der Waals surface area (Å²) in [7, 11) is 0. The van der Waals surface area contributed by atoms with Crippen molar-refractivity contribution in [3.05, 3.63) is 47.5 Å². The Bertz CT molecular complexity index is 772. The molecule has 0 radical (unpaired) electrons. The van der Waals surface area contributed by atoms with Crippen LogP contribution in [0.3, 0.4) is 0 Å². The van der Waals surface area contributed by atoms with Crippen molar-refractivity contribution in [1.29, 1.82) is 0 Å². The van der Waals surface area contributed by atoms with Crippen LogP contribution in [0.15, 0.2) is 30.5 Å². The fourth-order valence-corrected chi connectivity index (χ4v) is 3.76. The molecule has 2 aromatic heterocycles. The highest BCUT2D eigenvalue weighted by Gasteiger charge is 2.26. The number of rotatable bonds is 4. The number of morpholine rings is 1. The summed E-state index contributed by atoms with van der Waals surface area (Å²) in [5.74, 6) is 0. The molecule has 2 aromatic rings. The van der Waals surface area contributed by atoms with Crippen LogP contribution in [0, 0.1) is 6.92 Å². The number of carbonyl (C=O) groups is 1. The molecule has 144 valence electrons. The molecule has 2 aliphatic rings. The Labute approximate surface area is 159 Å². The van der Waals surface area contributed by atoms with E-state index in [1.807, 2.05) is 40.8 Å². The predicted molar refractivity (Wildman–Crippen MR) is 100 cm³/mol. The molecule has 2 aliphatic heterocycles. The summed E-state index contributed by atoms with van der Waals surface area (Å²) in [4.78, 5) is 21.5. The molecule has 8 heteroatoms. The first-order valence-corrected chi connectivity index (χ1v) is 9.49. The number of amides is 2. The van der Waals surface area contributed by atoms with Crippen LogP contribution in [0.5, 0.6) is 0 Å². The minimum atomic E-state index is -0.0331. The minimum absolute atomic E-state index is 0.0331. The molecule has 0 spiro atoms. The fraction of sp³-hybridized carbons (Fsp3) is 0.526. The molecule has 1 atom stereocenters. The van der Waals surface area contributed by atoms with Crippen molar-refractivity contribution in [2.45, 2.75) is 26.1 Å². The van der Waals surface area contributed by atoms with Crippen LogP contribution in [0.1, 0.15) is 23.1 Å². The number of fused-ring (bicyclic) bond motifs is 1. The van der Waals surface area contributed by atoms with Gasteiger partial charge in [0.1, 0.15) is 0 Å². The van der Waals surface area contributed by atoms with E-state index in [2.05, 4.69) is 20.3 Å². The van der Waals surface area contributed by atoms with Gasteiger partial charge in [-0.2, -0.15) is 5.10 Å². The van der Waals surface area contributed by atoms with Gasteiger partial charge in [-0.1, -0.05) is 6.07 Å². The summed E-state index contributed by atoms with van der Waals surface area (Å²) in [6.07, 6.45) is 1.80. The van der Waals surface area contributed by atoms with Gasteiger partial charge in [-0.25, -0.2) is 4.79 Å². The first kappa shape index (κ1) is 17.9. The monoisotopic (exact) mass is 370 g/mol. The summed E-state index contributed by atoms with van der Waals surface area (Å²) >= 11 is 0. The van der Waals surface area contributed by atoms with Gasteiger partial charge in [0.2, 0.25) is 0 Å². The largest absolute Gasteiger partial charge is 0.379 e. The molecule has 27 heavy (non-hydrogen) atoms. The Morgan fingerprint density at radius 2 is 2.11 bits per heavy atom. The van der Waals surface area contributed by atoms with E-state index in [4.69, 9.17) is 4.74 Å². The maximum absolute atomic E-state index is 12.8. The molecule has 1 fully saturated rings. The fourth-order valence-electron chi connectivity index (χ4n) is 3.76. The van der Waals surface area contributed by atoms with Crippen molar-refractivity contribution in [2.75, 3.05) is 39.4 Å². The summed E-state index contributed by atoms with van der Waals surface area (Å²) in [6.45, 7) is 7.65. The van der Waals surface area contributed by atoms with Gasteiger partial charge in [-0.3, -0.25) is 14.6 Å². The second kappa shape index (κ2) is 8.06. The smallest absolute Gasteiger partial charge is 0.317 e. The lowest BCUT2D eigenvalue weighted by atomic mass is 10.1. The van der Waals surface area contributed by atoms with Crippen molar-refractivity contribution >= 4 is 6.03 Å². The predicted octanol–water partition coefficient (Wildman–Crippen LogP) is 1.19. The van der Waals surface area contributed by atoms with Crippen molar-refractivity contribution in [3.8, 4) is 0 Å². The Hall–Kier alpha value is -2.45. The van der Waals surface area contributed by atoms with E-state index < -0.39 is 0 Å². The van der Waals surface area contributed by atoms with Gasteiger partial charge < -0.3 is 15.0 Å². The number of aromatic nitrogens is 3. The zero-order chi connectivity index (χ0) is 18.6. The highest BCUT2D eigenvalue weighted by Crippen LogP contribution is 2.20. The van der Waals surface area contributed by atoms with Crippen LogP contribution in [0.2, 0.25) is 0 Å². The lowest BCUT2D eigenvalue weighted by Gasteiger charge is -2.35. The first-order chi connectivity index (χ1) is 13.2. The van der Waals surface area contributed by atoms with Crippen LogP contribution in [0.25, 0.3) is 0 Å². The summed E-state index contributed by atoms with van der Waals surface area (Å²) in [5.41, 5.74) is 3.06. The number of ether oxygens (including phenoxy) is 1. The number of pyridine rings is 1. The Morgan fingerprint density at radius 3 is 2.89 bits per heavy atom. The Kier molecular flexibility index (Phi) is 5.35. The van der Waals surface area contributed by atoms with Crippen LogP contribution in [-0.2, 0) is 17.8 Å². The molecule has 2 amide bonds. The number of nitrogens with one attached hydrogen (secondary N) is 1. The first-order valence-electron chi connectivity index (χ1n) is 9.49. The number of hydrogen-bond acceptors (Lipinski definition) is 5. The lowest BCUT2D eigenvalue weighted by Crippen LogP contribution is -2.48. The minimum Gasteiger partial charge on any atom is -0.379 e. The molecule has 0 aliphatic carbocycles. The zero-order valence-corrected chi connectivity index (χ0v) is 15.7. The van der Waals surface area contributed by atoms with Crippen molar-refractivity contribution in [3.63, 3.8) is 0 Å². The van der Waals surface area contributed by atoms with Crippen LogP contribution in [0.4, 0.5) is 4.79 Å². The van der Waals surface area contributed by atoms with E-state index in [1.54, 1.807) is 6.20 Å². The molecular weight excluding hydrogens is 344 g/mol.